The van der Waals surface area contributed by atoms with Gasteiger partial charge in [-0.05, 0) is 29.7 Å². The van der Waals surface area contributed by atoms with Crippen LogP contribution in [0.4, 0.5) is 0 Å². The van der Waals surface area contributed by atoms with Crippen molar-refractivity contribution < 1.29 is 28.3 Å². The highest BCUT2D eigenvalue weighted by Crippen LogP contribution is 2.40. The smallest absolute Gasteiger partial charge is 0.316 e. The Kier molecular flexibility index (Phi) is 4.63. The maximum absolute atomic E-state index is 12.6. The van der Waals surface area contributed by atoms with E-state index in [0.717, 1.165) is 6.08 Å². The van der Waals surface area contributed by atoms with E-state index in [2.05, 4.69) is 4.74 Å². The lowest BCUT2D eigenvalue weighted by Crippen LogP contribution is -2.51. The number of ketones is 3. The molecule has 1 fully saturated rings. The van der Waals surface area contributed by atoms with E-state index in [9.17, 15) is 19.2 Å². The van der Waals surface area contributed by atoms with Gasteiger partial charge in [0.05, 0.1) is 13.4 Å². The van der Waals surface area contributed by atoms with Crippen molar-refractivity contribution in [3.63, 3.8) is 0 Å². The Morgan fingerprint density at radius 3 is 2.61 bits per heavy atom. The molecule has 1 aromatic heterocycles. The molecule has 0 spiro atoms. The molecule has 0 N–H and O–H groups in total. The van der Waals surface area contributed by atoms with E-state index in [4.69, 9.17) is 4.42 Å². The average Bonchev–Trinajstić information content (AvgIpc) is 2.96. The van der Waals surface area contributed by atoms with Gasteiger partial charge in [-0.15, -0.1) is 0 Å². The van der Waals surface area contributed by atoms with Gasteiger partial charge in [0.25, 0.3) is 0 Å². The molecule has 2 atom stereocenters. The van der Waals surface area contributed by atoms with Gasteiger partial charge >= 0.3 is 5.97 Å². The largest absolute Gasteiger partial charge is 0.468 e. The molecule has 0 bridgehead atoms. The summed E-state index contributed by atoms with van der Waals surface area (Å²) >= 11 is 0. The quantitative estimate of drug-likeness (QED) is 0.478. The van der Waals surface area contributed by atoms with Gasteiger partial charge in [-0.3, -0.25) is 19.2 Å². The van der Waals surface area contributed by atoms with Gasteiger partial charge in [0, 0.05) is 6.42 Å². The molecule has 0 aliphatic heterocycles. The minimum absolute atomic E-state index is 0.0382. The summed E-state index contributed by atoms with van der Waals surface area (Å²) in [6.45, 7) is 3.29. The van der Waals surface area contributed by atoms with Crippen molar-refractivity contribution in [1.82, 2.24) is 0 Å². The van der Waals surface area contributed by atoms with E-state index in [1.807, 2.05) is 0 Å². The third-order valence-electron chi connectivity index (χ3n) is 3.98. The topological polar surface area (TPSA) is 90.7 Å². The molecule has 1 aromatic rings. The molecule has 6 heteroatoms. The Morgan fingerprint density at radius 1 is 1.35 bits per heavy atom. The first-order valence-electron chi connectivity index (χ1n) is 7.17. The molecule has 2 rings (SSSR count). The van der Waals surface area contributed by atoms with Crippen LogP contribution in [0.2, 0.25) is 0 Å². The van der Waals surface area contributed by atoms with Crippen molar-refractivity contribution in [3.8, 4) is 0 Å². The van der Waals surface area contributed by atoms with Crippen LogP contribution in [0.1, 0.15) is 26.0 Å². The van der Waals surface area contributed by atoms with Gasteiger partial charge in [-0.1, -0.05) is 13.8 Å². The lowest BCUT2D eigenvalue weighted by Gasteiger charge is -2.37. The number of hydrogen-bond donors (Lipinski definition) is 0. The number of ether oxygens (including phenoxy) is 1. The van der Waals surface area contributed by atoms with Crippen LogP contribution in [-0.4, -0.2) is 30.4 Å². The van der Waals surface area contributed by atoms with E-state index in [1.165, 1.54) is 19.4 Å². The van der Waals surface area contributed by atoms with Crippen molar-refractivity contribution >= 4 is 29.4 Å². The molecular weight excluding hydrogens is 300 g/mol. The molecule has 0 amide bonds. The van der Waals surface area contributed by atoms with Crippen LogP contribution in [-0.2, 0) is 23.9 Å². The number of carbonyl (C=O) groups excluding carboxylic acids is 4. The SMILES string of the molecule is COC(=O)[C@@H]1C(=O)[C@@H](C(=O)/C=C/c2ccco2)C(=O)CC1(C)C. The standard InChI is InChI=1S/C17H18O6/c1-17(2)9-12(19)13(15(20)14(17)16(21)22-3)11(18)7-6-10-5-4-8-23-10/h4-8,13-14H,9H2,1-3H3/b7-6+/t13-,14-/m0/s1. The van der Waals surface area contributed by atoms with Gasteiger partial charge < -0.3 is 9.15 Å². The summed E-state index contributed by atoms with van der Waals surface area (Å²) in [7, 11) is 1.18. The summed E-state index contributed by atoms with van der Waals surface area (Å²) in [5.41, 5.74) is -0.872. The summed E-state index contributed by atoms with van der Waals surface area (Å²) in [6, 6.07) is 3.28. The molecule has 23 heavy (non-hydrogen) atoms. The molecule has 0 saturated heterocycles. The van der Waals surface area contributed by atoms with E-state index in [0.29, 0.717) is 5.76 Å². The highest BCUT2D eigenvalue weighted by molar-refractivity contribution is 6.27. The van der Waals surface area contributed by atoms with E-state index >= 15 is 0 Å². The maximum atomic E-state index is 12.6. The number of hydrogen-bond acceptors (Lipinski definition) is 6. The first-order chi connectivity index (χ1) is 10.8. The number of furan rings is 1. The summed E-state index contributed by atoms with van der Waals surface area (Å²) in [6.07, 6.45) is 3.92. The Hall–Kier alpha value is -2.50. The number of esters is 1. The summed E-state index contributed by atoms with van der Waals surface area (Å²) in [4.78, 5) is 49.0. The zero-order chi connectivity index (χ0) is 17.2. The van der Waals surface area contributed by atoms with E-state index in [-0.39, 0.29) is 6.42 Å². The normalized spacial score (nSPS) is 24.0. The fraction of sp³-hybridized carbons (Fsp3) is 0.412. The predicted molar refractivity (Wildman–Crippen MR) is 80.2 cm³/mol. The molecule has 1 aliphatic carbocycles. The van der Waals surface area contributed by atoms with E-state index < -0.39 is 40.6 Å². The van der Waals surface area contributed by atoms with Gasteiger partial charge in [0.15, 0.2) is 17.3 Å². The predicted octanol–water partition coefficient (Wildman–Crippen LogP) is 1.84. The third-order valence-corrected chi connectivity index (χ3v) is 3.98. The Bertz CT molecular complexity index is 665. The van der Waals surface area contributed by atoms with Crippen molar-refractivity contribution in [3.05, 3.63) is 30.2 Å². The maximum Gasteiger partial charge on any atom is 0.316 e. The lowest BCUT2D eigenvalue weighted by atomic mass is 9.63. The highest BCUT2D eigenvalue weighted by atomic mass is 16.5. The second kappa shape index (κ2) is 6.32. The van der Waals surface area contributed by atoms with Crippen LogP contribution in [0, 0.1) is 17.3 Å². The van der Waals surface area contributed by atoms with Crippen LogP contribution >= 0.6 is 0 Å². The first-order valence-corrected chi connectivity index (χ1v) is 7.17. The second-order valence-electron chi connectivity index (χ2n) is 6.17. The number of carbonyl (C=O) groups is 4. The zero-order valence-electron chi connectivity index (χ0n) is 13.2. The van der Waals surface area contributed by atoms with Crippen molar-refractivity contribution in [1.29, 1.82) is 0 Å². The lowest BCUT2D eigenvalue weighted by molar-refractivity contribution is -0.161. The third kappa shape index (κ3) is 3.31. The van der Waals surface area contributed by atoms with Gasteiger partial charge in [0.2, 0.25) is 0 Å². The molecule has 0 unspecified atom stereocenters. The summed E-state index contributed by atoms with van der Waals surface area (Å²) < 4.78 is 9.71. The van der Waals surface area contributed by atoms with E-state index in [1.54, 1.807) is 26.0 Å². The van der Waals surface area contributed by atoms with Gasteiger partial charge in [0.1, 0.15) is 17.6 Å². The number of allylic oxidation sites excluding steroid dienone is 1. The Morgan fingerprint density at radius 2 is 2.04 bits per heavy atom. The monoisotopic (exact) mass is 318 g/mol. The molecule has 0 aromatic carbocycles. The van der Waals surface area contributed by atoms with Crippen molar-refractivity contribution in [2.75, 3.05) is 7.11 Å². The Labute approximate surface area is 133 Å². The number of rotatable bonds is 4. The summed E-state index contributed by atoms with van der Waals surface area (Å²) in [5.74, 6) is -4.71. The van der Waals surface area contributed by atoms with Crippen LogP contribution in [0.25, 0.3) is 6.08 Å². The molecule has 0 radical (unpaired) electrons. The first kappa shape index (κ1) is 16.9. The summed E-state index contributed by atoms with van der Waals surface area (Å²) in [5, 5.41) is 0. The van der Waals surface area contributed by atoms with Crippen molar-refractivity contribution in [2.45, 2.75) is 20.3 Å². The Balaban J connectivity index is 2.27. The van der Waals surface area contributed by atoms with Crippen LogP contribution < -0.4 is 0 Å². The fourth-order valence-corrected chi connectivity index (χ4v) is 2.86. The van der Waals surface area contributed by atoms with Crippen LogP contribution in [0.5, 0.6) is 0 Å². The molecule has 1 saturated carbocycles. The minimum Gasteiger partial charge on any atom is -0.468 e. The van der Waals surface area contributed by atoms with Crippen LogP contribution in [0.15, 0.2) is 28.9 Å². The minimum atomic E-state index is -1.46. The number of Topliss-reactive ketones (excluding diaryl/α,β-unsaturated/α-hetero) is 2. The molecular formula is C17H18O6. The highest BCUT2D eigenvalue weighted by Gasteiger charge is 2.53. The fourth-order valence-electron chi connectivity index (χ4n) is 2.86. The molecule has 1 heterocycles. The average molecular weight is 318 g/mol. The molecule has 122 valence electrons. The zero-order valence-corrected chi connectivity index (χ0v) is 13.2. The second-order valence-corrected chi connectivity index (χ2v) is 6.17. The van der Waals surface area contributed by atoms with Crippen LogP contribution in [0.3, 0.4) is 0 Å². The van der Waals surface area contributed by atoms with Gasteiger partial charge in [-0.2, -0.15) is 0 Å². The molecule has 6 nitrogen and oxygen atoms in total. The van der Waals surface area contributed by atoms with Crippen molar-refractivity contribution in [2.24, 2.45) is 17.3 Å². The number of methoxy groups -OCH3 is 1. The molecule has 1 aliphatic rings. The van der Waals surface area contributed by atoms with Gasteiger partial charge in [-0.25, -0.2) is 0 Å².